The molecule has 3 heterocycles. The molecule has 1 fully saturated rings. The minimum Gasteiger partial charge on any atom is -0.466 e. The van der Waals surface area contributed by atoms with Gasteiger partial charge < -0.3 is 4.74 Å². The number of aryl methyl sites for hydroxylation is 2. The van der Waals surface area contributed by atoms with Gasteiger partial charge in [0, 0.05) is 24.5 Å². The van der Waals surface area contributed by atoms with Crippen molar-refractivity contribution in [3.05, 3.63) is 17.5 Å². The van der Waals surface area contributed by atoms with Crippen LogP contribution < -0.4 is 0 Å². The highest BCUT2D eigenvalue weighted by molar-refractivity contribution is 7.89. The minimum absolute atomic E-state index is 0.0855. The van der Waals surface area contributed by atoms with Gasteiger partial charge in [0.25, 0.3) is 21.0 Å². The predicted octanol–water partition coefficient (Wildman–Crippen LogP) is 0.705. The Hall–Kier alpha value is -2.07. The van der Waals surface area contributed by atoms with Gasteiger partial charge in [-0.05, 0) is 39.7 Å². The molecule has 0 aromatic carbocycles. The number of rotatable bonds is 4. The van der Waals surface area contributed by atoms with Gasteiger partial charge in [0.1, 0.15) is 0 Å². The molecule has 0 aliphatic carbocycles. The number of esters is 1. The quantitative estimate of drug-likeness (QED) is 0.732. The molecule has 25 heavy (non-hydrogen) atoms. The summed E-state index contributed by atoms with van der Waals surface area (Å²) in [7, 11) is -3.89. The number of hydrogen-bond acceptors (Lipinski definition) is 7. The Bertz CT molecular complexity index is 908. The molecule has 1 aliphatic heterocycles. The second-order valence-electron chi connectivity index (χ2n) is 6.10. The number of hydrogen-bond donors (Lipinski definition) is 0. The number of nitrogens with zero attached hydrogens (tertiary/aromatic N) is 5. The summed E-state index contributed by atoms with van der Waals surface area (Å²) in [5, 5.41) is 3.81. The van der Waals surface area contributed by atoms with Crippen LogP contribution in [0.5, 0.6) is 0 Å². The first-order valence-electron chi connectivity index (χ1n) is 8.20. The fourth-order valence-corrected chi connectivity index (χ4v) is 4.34. The molecule has 2 aromatic heterocycles. The maximum absolute atomic E-state index is 12.9. The number of piperidine rings is 1. The first-order chi connectivity index (χ1) is 11.8. The zero-order valence-corrected chi connectivity index (χ0v) is 15.3. The largest absolute Gasteiger partial charge is 0.466 e. The van der Waals surface area contributed by atoms with Gasteiger partial charge in [-0.15, -0.1) is 5.10 Å². The highest BCUT2D eigenvalue weighted by Crippen LogP contribution is 2.23. The zero-order chi connectivity index (χ0) is 18.2. The summed E-state index contributed by atoms with van der Waals surface area (Å²) in [5.74, 6) is -0.573. The number of ether oxygens (including phenoxy) is 1. The number of carbonyl (C=O) groups excluding carboxylic acids is 1. The smallest absolute Gasteiger partial charge is 0.310 e. The normalized spacial score (nSPS) is 19.2. The van der Waals surface area contributed by atoms with Crippen molar-refractivity contribution in [1.29, 1.82) is 0 Å². The molecule has 3 rings (SSSR count). The molecule has 0 N–H and O–H groups in total. The molecule has 0 unspecified atom stereocenters. The standard InChI is InChI=1S/C15H21N5O4S/c1-4-24-13(21)12-6-5-7-19(9-12)25(22,23)15-17-14-16-10(2)8-11(3)20(14)18-15/h8,12H,4-7,9H2,1-3H3/t12-/m0/s1. The van der Waals surface area contributed by atoms with Gasteiger partial charge in [-0.25, -0.2) is 17.9 Å². The van der Waals surface area contributed by atoms with Crippen molar-refractivity contribution in [2.24, 2.45) is 5.92 Å². The van der Waals surface area contributed by atoms with Gasteiger partial charge in [-0.2, -0.15) is 9.29 Å². The summed E-state index contributed by atoms with van der Waals surface area (Å²) in [4.78, 5) is 20.2. The Labute approximate surface area is 146 Å². The van der Waals surface area contributed by atoms with Crippen LogP contribution in [-0.4, -0.2) is 58.0 Å². The molecule has 10 heteroatoms. The summed E-state index contributed by atoms with van der Waals surface area (Å²) in [6.45, 7) is 6.05. The summed E-state index contributed by atoms with van der Waals surface area (Å²) in [5.41, 5.74) is 1.49. The maximum Gasteiger partial charge on any atom is 0.310 e. The summed E-state index contributed by atoms with van der Waals surface area (Å²) < 4.78 is 33.5. The van der Waals surface area contributed by atoms with E-state index in [-0.39, 0.29) is 30.1 Å². The van der Waals surface area contributed by atoms with Crippen LogP contribution in [0, 0.1) is 19.8 Å². The van der Waals surface area contributed by atoms with Crippen LogP contribution in [0.2, 0.25) is 0 Å². The fraction of sp³-hybridized carbons (Fsp3) is 0.600. The number of fused-ring (bicyclic) bond motifs is 1. The molecule has 2 aromatic rings. The van der Waals surface area contributed by atoms with Crippen LogP contribution in [0.3, 0.4) is 0 Å². The van der Waals surface area contributed by atoms with Crippen molar-refractivity contribution in [2.75, 3.05) is 19.7 Å². The van der Waals surface area contributed by atoms with Crippen molar-refractivity contribution >= 4 is 21.8 Å². The lowest BCUT2D eigenvalue weighted by molar-refractivity contribution is -0.149. The first kappa shape index (κ1) is 17.7. The third-order valence-corrected chi connectivity index (χ3v) is 5.82. The van der Waals surface area contributed by atoms with Crippen LogP contribution in [0.4, 0.5) is 0 Å². The SMILES string of the molecule is CCOC(=O)[C@H]1CCCN(S(=O)(=O)c2nc3nc(C)cc(C)n3n2)C1. The van der Waals surface area contributed by atoms with Gasteiger partial charge in [0.2, 0.25) is 0 Å². The van der Waals surface area contributed by atoms with E-state index in [1.807, 2.05) is 13.8 Å². The van der Waals surface area contributed by atoms with E-state index in [0.717, 1.165) is 11.4 Å². The highest BCUT2D eigenvalue weighted by atomic mass is 32.2. The molecule has 0 radical (unpaired) electrons. The number of sulfonamides is 1. The van der Waals surface area contributed by atoms with Crippen LogP contribution >= 0.6 is 0 Å². The Kier molecular flexibility index (Phi) is 4.74. The average molecular weight is 367 g/mol. The van der Waals surface area contributed by atoms with E-state index in [4.69, 9.17) is 4.74 Å². The molecule has 0 amide bonds. The van der Waals surface area contributed by atoms with Gasteiger partial charge in [-0.1, -0.05) is 0 Å². The van der Waals surface area contributed by atoms with Crippen molar-refractivity contribution in [3.8, 4) is 0 Å². The summed E-state index contributed by atoms with van der Waals surface area (Å²) in [6.07, 6.45) is 1.20. The van der Waals surface area contributed by atoms with Crippen molar-refractivity contribution in [1.82, 2.24) is 23.9 Å². The van der Waals surface area contributed by atoms with Crippen molar-refractivity contribution in [2.45, 2.75) is 38.8 Å². The topological polar surface area (TPSA) is 107 Å². The molecule has 0 bridgehead atoms. The van der Waals surface area contributed by atoms with E-state index < -0.39 is 15.9 Å². The molecule has 1 saturated heterocycles. The summed E-state index contributed by atoms with van der Waals surface area (Å²) in [6, 6.07) is 1.80. The molecule has 9 nitrogen and oxygen atoms in total. The van der Waals surface area contributed by atoms with Crippen molar-refractivity contribution in [3.63, 3.8) is 0 Å². The van der Waals surface area contributed by atoms with E-state index in [9.17, 15) is 13.2 Å². The molecular weight excluding hydrogens is 346 g/mol. The fourth-order valence-electron chi connectivity index (χ4n) is 2.99. The predicted molar refractivity (Wildman–Crippen MR) is 88.4 cm³/mol. The van der Waals surface area contributed by atoms with Gasteiger partial charge in [-0.3, -0.25) is 4.79 Å². The second kappa shape index (κ2) is 6.68. The Morgan fingerprint density at radius 3 is 2.84 bits per heavy atom. The van der Waals surface area contributed by atoms with Crippen LogP contribution in [0.25, 0.3) is 5.78 Å². The third-order valence-electron chi connectivity index (χ3n) is 4.17. The van der Waals surface area contributed by atoms with Crippen molar-refractivity contribution < 1.29 is 17.9 Å². The van der Waals surface area contributed by atoms with Crippen LogP contribution in [-0.2, 0) is 19.6 Å². The molecule has 0 spiro atoms. The maximum atomic E-state index is 12.9. The Balaban J connectivity index is 1.91. The average Bonchev–Trinajstić information content (AvgIpc) is 3.00. The van der Waals surface area contributed by atoms with Gasteiger partial charge in [0.15, 0.2) is 0 Å². The lowest BCUT2D eigenvalue weighted by Gasteiger charge is -2.29. The molecule has 1 aliphatic rings. The Morgan fingerprint density at radius 2 is 2.12 bits per heavy atom. The summed E-state index contributed by atoms with van der Waals surface area (Å²) >= 11 is 0. The lowest BCUT2D eigenvalue weighted by Crippen LogP contribution is -2.43. The molecule has 1 atom stereocenters. The van der Waals surface area contributed by atoms with E-state index in [1.54, 1.807) is 13.0 Å². The first-order valence-corrected chi connectivity index (χ1v) is 9.64. The Morgan fingerprint density at radius 1 is 1.36 bits per heavy atom. The van der Waals surface area contributed by atoms with E-state index in [1.165, 1.54) is 8.82 Å². The molecule has 136 valence electrons. The highest BCUT2D eigenvalue weighted by Gasteiger charge is 2.36. The van der Waals surface area contributed by atoms with E-state index in [2.05, 4.69) is 15.1 Å². The monoisotopic (exact) mass is 367 g/mol. The lowest BCUT2D eigenvalue weighted by atomic mass is 10.0. The number of carbonyl (C=O) groups is 1. The molecular formula is C15H21N5O4S. The van der Waals surface area contributed by atoms with Gasteiger partial charge >= 0.3 is 5.97 Å². The zero-order valence-electron chi connectivity index (χ0n) is 14.5. The molecule has 0 saturated carbocycles. The van der Waals surface area contributed by atoms with Gasteiger partial charge in [0.05, 0.1) is 12.5 Å². The third kappa shape index (κ3) is 3.36. The minimum atomic E-state index is -3.89. The van der Waals surface area contributed by atoms with Crippen LogP contribution in [0.15, 0.2) is 11.2 Å². The number of aromatic nitrogens is 4. The van der Waals surface area contributed by atoms with E-state index >= 15 is 0 Å². The second-order valence-corrected chi connectivity index (χ2v) is 7.93. The van der Waals surface area contributed by atoms with E-state index in [0.29, 0.717) is 19.4 Å². The van der Waals surface area contributed by atoms with Crippen LogP contribution in [0.1, 0.15) is 31.2 Å².